The fourth-order valence-corrected chi connectivity index (χ4v) is 2.68. The minimum atomic E-state index is 0.550. The number of likely N-dealkylation sites (N-methyl/N-ethyl adjacent to an activating group) is 1. The second-order valence-corrected chi connectivity index (χ2v) is 5.78. The summed E-state index contributed by atoms with van der Waals surface area (Å²) in [5.74, 6) is 1.28. The lowest BCUT2D eigenvalue weighted by atomic mass is 10.1. The summed E-state index contributed by atoms with van der Waals surface area (Å²) < 4.78 is 5.79. The van der Waals surface area contributed by atoms with Crippen LogP contribution in [-0.2, 0) is 6.54 Å². The molecule has 2 heterocycles. The molecule has 1 aromatic heterocycles. The SMILES string of the molecule is Cc1ccc(-c2nnc(CN(C)C3CCCNC3)o2)cc1. The molecule has 0 amide bonds. The van der Waals surface area contributed by atoms with Crippen LogP contribution in [-0.4, -0.2) is 41.3 Å². The quantitative estimate of drug-likeness (QED) is 0.934. The van der Waals surface area contributed by atoms with Crippen molar-refractivity contribution in [3.63, 3.8) is 0 Å². The van der Waals surface area contributed by atoms with Crippen LogP contribution < -0.4 is 5.32 Å². The van der Waals surface area contributed by atoms with E-state index in [-0.39, 0.29) is 0 Å². The maximum absolute atomic E-state index is 5.79. The number of nitrogens with one attached hydrogen (secondary N) is 1. The van der Waals surface area contributed by atoms with Crippen molar-refractivity contribution in [3.8, 4) is 11.5 Å². The second-order valence-electron chi connectivity index (χ2n) is 5.78. The number of rotatable bonds is 4. The summed E-state index contributed by atoms with van der Waals surface area (Å²) >= 11 is 0. The Morgan fingerprint density at radius 1 is 1.29 bits per heavy atom. The van der Waals surface area contributed by atoms with Gasteiger partial charge in [-0.15, -0.1) is 10.2 Å². The third-order valence-corrected chi connectivity index (χ3v) is 4.04. The molecule has 5 nitrogen and oxygen atoms in total. The van der Waals surface area contributed by atoms with Crippen LogP contribution in [0.15, 0.2) is 28.7 Å². The predicted octanol–water partition coefficient (Wildman–Crippen LogP) is 2.23. The van der Waals surface area contributed by atoms with Gasteiger partial charge < -0.3 is 9.73 Å². The summed E-state index contributed by atoms with van der Waals surface area (Å²) in [6.45, 7) is 4.93. The highest BCUT2D eigenvalue weighted by molar-refractivity contribution is 5.52. The van der Waals surface area contributed by atoms with Crippen LogP contribution in [0.25, 0.3) is 11.5 Å². The van der Waals surface area contributed by atoms with Crippen molar-refractivity contribution in [1.82, 2.24) is 20.4 Å². The number of hydrogen-bond donors (Lipinski definition) is 1. The summed E-state index contributed by atoms with van der Waals surface area (Å²) in [5, 5.41) is 11.8. The first kappa shape index (κ1) is 14.2. The van der Waals surface area contributed by atoms with Gasteiger partial charge in [0, 0.05) is 18.2 Å². The van der Waals surface area contributed by atoms with Crippen LogP contribution in [0.3, 0.4) is 0 Å². The van der Waals surface area contributed by atoms with Crippen LogP contribution in [0.5, 0.6) is 0 Å². The highest BCUT2D eigenvalue weighted by atomic mass is 16.4. The van der Waals surface area contributed by atoms with E-state index in [2.05, 4.69) is 46.5 Å². The molecule has 21 heavy (non-hydrogen) atoms. The number of nitrogens with zero attached hydrogens (tertiary/aromatic N) is 3. The van der Waals surface area contributed by atoms with Gasteiger partial charge in [0.15, 0.2) is 0 Å². The molecule has 1 aromatic carbocycles. The first-order valence-electron chi connectivity index (χ1n) is 7.53. The van der Waals surface area contributed by atoms with E-state index < -0.39 is 0 Å². The molecule has 112 valence electrons. The molecule has 0 radical (unpaired) electrons. The summed E-state index contributed by atoms with van der Waals surface area (Å²) in [4.78, 5) is 2.29. The third-order valence-electron chi connectivity index (χ3n) is 4.04. The molecule has 5 heteroatoms. The molecule has 1 aliphatic heterocycles. The van der Waals surface area contributed by atoms with Crippen LogP contribution in [0.4, 0.5) is 0 Å². The van der Waals surface area contributed by atoms with Gasteiger partial charge in [0.1, 0.15) is 0 Å². The zero-order chi connectivity index (χ0) is 14.7. The highest BCUT2D eigenvalue weighted by Gasteiger charge is 2.19. The first-order valence-corrected chi connectivity index (χ1v) is 7.53. The standard InChI is InChI=1S/C16H22N4O/c1-12-5-7-13(8-6-12)16-19-18-15(21-16)11-20(2)14-4-3-9-17-10-14/h5-8,14,17H,3-4,9-11H2,1-2H3. The average molecular weight is 286 g/mol. The van der Waals surface area contributed by atoms with E-state index in [1.807, 2.05) is 12.1 Å². The maximum atomic E-state index is 5.79. The van der Waals surface area contributed by atoms with Gasteiger partial charge in [-0.05, 0) is 45.5 Å². The molecule has 1 saturated heterocycles. The van der Waals surface area contributed by atoms with Crippen molar-refractivity contribution in [1.29, 1.82) is 0 Å². The Morgan fingerprint density at radius 3 is 2.81 bits per heavy atom. The summed E-state index contributed by atoms with van der Waals surface area (Å²) in [5.41, 5.74) is 2.20. The molecule has 0 aliphatic carbocycles. The molecule has 1 N–H and O–H groups in total. The summed E-state index contributed by atoms with van der Waals surface area (Å²) in [6, 6.07) is 8.69. The second kappa shape index (κ2) is 6.37. The molecule has 0 spiro atoms. The molecular weight excluding hydrogens is 264 g/mol. The van der Waals surface area contributed by atoms with Crippen LogP contribution in [0.1, 0.15) is 24.3 Å². The van der Waals surface area contributed by atoms with Crippen molar-refractivity contribution in [2.45, 2.75) is 32.4 Å². The Labute approximate surface area is 125 Å². The van der Waals surface area contributed by atoms with Gasteiger partial charge >= 0.3 is 0 Å². The summed E-state index contributed by atoms with van der Waals surface area (Å²) in [6.07, 6.45) is 2.45. The Bertz CT molecular complexity index is 572. The van der Waals surface area contributed by atoms with E-state index in [0.717, 1.165) is 18.7 Å². The van der Waals surface area contributed by atoms with Gasteiger partial charge in [-0.3, -0.25) is 4.90 Å². The molecule has 0 bridgehead atoms. The van der Waals surface area contributed by atoms with Crippen molar-refractivity contribution in [2.75, 3.05) is 20.1 Å². The number of aromatic nitrogens is 2. The largest absolute Gasteiger partial charge is 0.419 e. The monoisotopic (exact) mass is 286 g/mol. The normalized spacial score (nSPS) is 19.1. The van der Waals surface area contributed by atoms with Gasteiger partial charge in [-0.1, -0.05) is 17.7 Å². The van der Waals surface area contributed by atoms with E-state index >= 15 is 0 Å². The zero-order valence-corrected chi connectivity index (χ0v) is 12.7. The molecule has 1 unspecified atom stereocenters. The van der Waals surface area contributed by atoms with Gasteiger partial charge in [0.2, 0.25) is 11.8 Å². The smallest absolute Gasteiger partial charge is 0.247 e. The molecule has 1 atom stereocenters. The molecule has 0 saturated carbocycles. The minimum absolute atomic E-state index is 0.550. The van der Waals surface area contributed by atoms with E-state index in [4.69, 9.17) is 4.42 Å². The molecular formula is C16H22N4O. The van der Waals surface area contributed by atoms with Crippen molar-refractivity contribution in [2.24, 2.45) is 0 Å². The zero-order valence-electron chi connectivity index (χ0n) is 12.7. The van der Waals surface area contributed by atoms with Gasteiger partial charge in [0.25, 0.3) is 0 Å². The third kappa shape index (κ3) is 3.49. The lowest BCUT2D eigenvalue weighted by Gasteiger charge is -2.30. The Balaban J connectivity index is 1.65. The van der Waals surface area contributed by atoms with Crippen molar-refractivity contribution >= 4 is 0 Å². The molecule has 1 aliphatic rings. The molecule has 3 rings (SSSR count). The number of hydrogen-bond acceptors (Lipinski definition) is 5. The lowest BCUT2D eigenvalue weighted by molar-refractivity contribution is 0.181. The van der Waals surface area contributed by atoms with Gasteiger partial charge in [-0.25, -0.2) is 0 Å². The van der Waals surface area contributed by atoms with Crippen LogP contribution in [0, 0.1) is 6.92 Å². The topological polar surface area (TPSA) is 54.2 Å². The fourth-order valence-electron chi connectivity index (χ4n) is 2.68. The maximum Gasteiger partial charge on any atom is 0.247 e. The minimum Gasteiger partial charge on any atom is -0.419 e. The van der Waals surface area contributed by atoms with Gasteiger partial charge in [-0.2, -0.15) is 0 Å². The molecule has 1 fully saturated rings. The van der Waals surface area contributed by atoms with E-state index in [0.29, 0.717) is 24.4 Å². The van der Waals surface area contributed by atoms with Crippen molar-refractivity contribution < 1.29 is 4.42 Å². The average Bonchev–Trinajstić information content (AvgIpc) is 2.97. The number of aryl methyl sites for hydroxylation is 1. The Hall–Kier alpha value is -1.72. The van der Waals surface area contributed by atoms with E-state index in [1.165, 1.54) is 18.4 Å². The number of piperidine rings is 1. The predicted molar refractivity (Wildman–Crippen MR) is 81.8 cm³/mol. The first-order chi connectivity index (χ1) is 10.2. The highest BCUT2D eigenvalue weighted by Crippen LogP contribution is 2.19. The van der Waals surface area contributed by atoms with Gasteiger partial charge in [0.05, 0.1) is 6.54 Å². The number of benzene rings is 1. The van der Waals surface area contributed by atoms with E-state index in [1.54, 1.807) is 0 Å². The Morgan fingerprint density at radius 2 is 2.10 bits per heavy atom. The van der Waals surface area contributed by atoms with Crippen LogP contribution >= 0.6 is 0 Å². The van der Waals surface area contributed by atoms with Crippen molar-refractivity contribution in [3.05, 3.63) is 35.7 Å². The van der Waals surface area contributed by atoms with Crippen LogP contribution in [0.2, 0.25) is 0 Å². The Kier molecular flexibility index (Phi) is 4.31. The lowest BCUT2D eigenvalue weighted by Crippen LogP contribution is -2.43. The van der Waals surface area contributed by atoms with E-state index in [9.17, 15) is 0 Å². The summed E-state index contributed by atoms with van der Waals surface area (Å²) in [7, 11) is 2.12. The fraction of sp³-hybridized carbons (Fsp3) is 0.500. The molecule has 2 aromatic rings.